The lowest BCUT2D eigenvalue weighted by Gasteiger charge is -2.54. The van der Waals surface area contributed by atoms with E-state index in [1.165, 1.54) is 37.4 Å². The summed E-state index contributed by atoms with van der Waals surface area (Å²) >= 11 is 12.7. The Hall–Kier alpha value is -6.73. The predicted molar refractivity (Wildman–Crippen MR) is 328 cm³/mol. The molecular formula is C56H70Cl2N14O7P2. The van der Waals surface area contributed by atoms with E-state index >= 15 is 0 Å². The van der Waals surface area contributed by atoms with Crippen molar-refractivity contribution in [1.82, 2.24) is 30.2 Å². The Morgan fingerprint density at radius 1 is 0.617 bits per heavy atom. The number of Topliss-reactive ketones (excluding diaryl/α,β-unsaturated/α-hetero) is 1. The summed E-state index contributed by atoms with van der Waals surface area (Å²) in [6.07, 6.45) is 10.4. The van der Waals surface area contributed by atoms with Crippen LogP contribution in [0.3, 0.4) is 0 Å². The number of ketones is 1. The standard InChI is InChI=1S/C28H35ClN7O3P.C26H28ClN6O4P.C2H7N/c1-34(2)20-11-13-28(14-12-20)17-35(18-28)23-10-9-19(15-24(23)36(37)38)31-27-30-16-21(29)26(33-27)32-22-7-5-6-8-25(22)40(3,4)39;1-38(2,37)23-6-4-3-5-20(23)30-24-19(27)14-28-25(31-24)29-17-7-8-21(22(13-17)33(35)36)32-15-26(16-32)11-9-18(34)10-12-26;1-3-2/h5-10,15-16,20H,11-14,17-18H2,1-4H3,(H2,30,31,32,33);3-8,13-14H,9-12,15-16H2,1-2H3,(H2,28,29,30,31);3H,1-2H3. The highest BCUT2D eigenvalue weighted by atomic mass is 35.5. The summed E-state index contributed by atoms with van der Waals surface area (Å²) in [6.45, 7) is 9.91. The monoisotopic (exact) mass is 1180 g/mol. The molecule has 2 spiro atoms. The molecule has 4 aromatic carbocycles. The van der Waals surface area contributed by atoms with E-state index in [1.54, 1.807) is 63.1 Å². The van der Waals surface area contributed by atoms with Crippen molar-refractivity contribution in [2.24, 2.45) is 10.8 Å². The summed E-state index contributed by atoms with van der Waals surface area (Å²) in [5, 5.41) is 41.0. The number of para-hydroxylation sites is 2. The van der Waals surface area contributed by atoms with Gasteiger partial charge >= 0.3 is 0 Å². The number of anilines is 10. The third-order valence-electron chi connectivity index (χ3n) is 15.2. The van der Waals surface area contributed by atoms with Crippen molar-refractivity contribution >= 4 is 123 Å². The van der Waals surface area contributed by atoms with Gasteiger partial charge in [0.15, 0.2) is 11.6 Å². The van der Waals surface area contributed by atoms with Crippen LogP contribution in [-0.4, -0.2) is 128 Å². The molecule has 2 aliphatic heterocycles. The number of carbonyl (C=O) groups is 1. The minimum Gasteiger partial charge on any atom is -0.365 e. The Morgan fingerprint density at radius 3 is 1.37 bits per heavy atom. The van der Waals surface area contributed by atoms with Crippen molar-refractivity contribution in [3.05, 3.63) is 128 Å². The second-order valence-corrected chi connectivity index (χ2v) is 29.6. The molecule has 0 radical (unpaired) electrons. The highest BCUT2D eigenvalue weighted by molar-refractivity contribution is 7.70. The average molecular weight is 1180 g/mol. The van der Waals surface area contributed by atoms with Crippen LogP contribution in [0, 0.1) is 31.1 Å². The van der Waals surface area contributed by atoms with E-state index in [-0.39, 0.29) is 49.1 Å². The first-order valence-corrected chi connectivity index (χ1v) is 32.6. The van der Waals surface area contributed by atoms with Crippen LogP contribution in [-0.2, 0) is 13.9 Å². The van der Waals surface area contributed by atoms with Gasteiger partial charge in [-0.1, -0.05) is 47.5 Å². The Kier molecular flexibility index (Phi) is 18.8. The van der Waals surface area contributed by atoms with Gasteiger partial charge in [0.1, 0.15) is 41.5 Å². The fourth-order valence-electron chi connectivity index (χ4n) is 11.0. The van der Waals surface area contributed by atoms with E-state index in [0.29, 0.717) is 94.1 Å². The number of hydrogen-bond acceptors (Lipinski definition) is 19. The van der Waals surface area contributed by atoms with E-state index in [4.69, 9.17) is 23.2 Å². The summed E-state index contributed by atoms with van der Waals surface area (Å²) in [5.74, 6) is 1.37. The minimum absolute atomic E-state index is 0.0142. The Bertz CT molecular complexity index is 3380. The second kappa shape index (κ2) is 25.2. The number of benzene rings is 4. The van der Waals surface area contributed by atoms with Gasteiger partial charge < -0.3 is 50.4 Å². The number of carbonyl (C=O) groups excluding carboxylic acids is 1. The molecule has 430 valence electrons. The quantitative estimate of drug-likeness (QED) is 0.0364. The van der Waals surface area contributed by atoms with Gasteiger partial charge in [0.05, 0.1) is 33.6 Å². The topological polar surface area (TPSA) is 259 Å². The molecule has 0 unspecified atom stereocenters. The van der Waals surface area contributed by atoms with Crippen LogP contribution in [0.2, 0.25) is 10.0 Å². The Labute approximate surface area is 482 Å². The summed E-state index contributed by atoms with van der Waals surface area (Å²) in [7, 11) is 2.91. The lowest BCUT2D eigenvalue weighted by atomic mass is 9.67. The molecule has 0 bridgehead atoms. The summed E-state index contributed by atoms with van der Waals surface area (Å²) in [4.78, 5) is 58.7. The van der Waals surface area contributed by atoms with E-state index in [2.05, 4.69) is 70.4 Å². The maximum Gasteiger partial charge on any atom is 0.294 e. The van der Waals surface area contributed by atoms with Crippen LogP contribution in [0.15, 0.2) is 97.3 Å². The zero-order valence-electron chi connectivity index (χ0n) is 46.8. The van der Waals surface area contributed by atoms with Crippen molar-refractivity contribution in [3.8, 4) is 0 Å². The van der Waals surface area contributed by atoms with Crippen LogP contribution in [0.5, 0.6) is 0 Å². The van der Waals surface area contributed by atoms with Crippen LogP contribution < -0.4 is 47.0 Å². The summed E-state index contributed by atoms with van der Waals surface area (Å²) < 4.78 is 25.5. The molecule has 0 amide bonds. The van der Waals surface area contributed by atoms with E-state index in [1.807, 2.05) is 55.4 Å². The predicted octanol–water partition coefficient (Wildman–Crippen LogP) is 11.6. The first-order valence-electron chi connectivity index (χ1n) is 26.6. The van der Waals surface area contributed by atoms with Crippen molar-refractivity contribution in [1.29, 1.82) is 0 Å². The van der Waals surface area contributed by atoms with E-state index in [9.17, 15) is 34.2 Å². The number of nitrogens with zero attached hydrogens (tertiary/aromatic N) is 9. The molecule has 4 fully saturated rings. The van der Waals surface area contributed by atoms with Crippen LogP contribution in [0.1, 0.15) is 51.4 Å². The highest BCUT2D eigenvalue weighted by Crippen LogP contribution is 2.50. The van der Waals surface area contributed by atoms with Gasteiger partial charge in [0.25, 0.3) is 11.4 Å². The highest BCUT2D eigenvalue weighted by Gasteiger charge is 2.48. The normalized spacial score (nSPS) is 16.5. The van der Waals surface area contributed by atoms with Crippen molar-refractivity contribution in [2.75, 3.05) is 112 Å². The Balaban J connectivity index is 0.000000203. The summed E-state index contributed by atoms with van der Waals surface area (Å²) in [6, 6.07) is 25.2. The number of nitro benzene ring substituents is 2. The van der Waals surface area contributed by atoms with Crippen LogP contribution >= 0.6 is 37.5 Å². The van der Waals surface area contributed by atoms with Crippen molar-refractivity contribution < 1.29 is 23.8 Å². The molecule has 10 rings (SSSR count). The number of aromatic nitrogens is 4. The minimum atomic E-state index is -2.56. The average Bonchev–Trinajstić information content (AvgIpc) is 3.40. The molecule has 0 atom stereocenters. The van der Waals surface area contributed by atoms with Gasteiger partial charge in [0, 0.05) is 90.0 Å². The molecule has 2 saturated carbocycles. The van der Waals surface area contributed by atoms with Gasteiger partial charge in [-0.05, 0) is 142 Å². The fraction of sp³-hybridized carbons (Fsp3) is 0.411. The third kappa shape index (κ3) is 14.7. The number of nitrogens with one attached hydrogen (secondary N) is 5. The molecule has 4 aliphatic rings. The first-order chi connectivity index (χ1) is 38.4. The molecule has 6 aromatic rings. The SMILES string of the molecule is CN(C)C1CCC2(CC1)CN(c1ccc(Nc3ncc(Cl)c(Nc4ccccc4P(C)(C)=O)n3)cc1[N+](=O)[O-])C2.CNC.CP(C)(=O)c1ccccc1Nc1nc(Nc2ccc(N3CC4(CCC(=O)CC4)C3)c([N+](=O)[O-])c2)ncc1Cl. The molecule has 5 N–H and O–H groups in total. The largest absolute Gasteiger partial charge is 0.365 e. The third-order valence-corrected chi connectivity index (χ3v) is 18.9. The van der Waals surface area contributed by atoms with Crippen LogP contribution in [0.4, 0.5) is 69.0 Å². The maximum atomic E-state index is 12.8. The second-order valence-electron chi connectivity index (χ2n) is 22.4. The number of nitro groups is 2. The van der Waals surface area contributed by atoms with Crippen LogP contribution in [0.25, 0.3) is 0 Å². The smallest absolute Gasteiger partial charge is 0.294 e. The zero-order chi connectivity index (χ0) is 58.4. The van der Waals surface area contributed by atoms with E-state index < -0.39 is 19.2 Å². The molecule has 81 heavy (non-hydrogen) atoms. The Morgan fingerprint density at radius 2 is 1.00 bits per heavy atom. The van der Waals surface area contributed by atoms with Crippen molar-refractivity contribution in [2.45, 2.75) is 57.4 Å². The van der Waals surface area contributed by atoms with Gasteiger partial charge in [-0.25, -0.2) is 9.97 Å². The molecule has 21 nitrogen and oxygen atoms in total. The fourth-order valence-corrected chi connectivity index (χ4v) is 13.5. The van der Waals surface area contributed by atoms with E-state index in [0.717, 1.165) is 38.8 Å². The molecule has 2 aliphatic carbocycles. The molecule has 4 heterocycles. The molecule has 2 saturated heterocycles. The lowest BCUT2D eigenvalue weighted by Crippen LogP contribution is -2.58. The lowest BCUT2D eigenvalue weighted by molar-refractivity contribution is -0.384. The zero-order valence-corrected chi connectivity index (χ0v) is 50.1. The molecule has 25 heteroatoms. The van der Waals surface area contributed by atoms with Crippen molar-refractivity contribution in [3.63, 3.8) is 0 Å². The summed E-state index contributed by atoms with van der Waals surface area (Å²) in [5.41, 5.74) is 3.80. The van der Waals surface area contributed by atoms with Gasteiger partial charge in [-0.15, -0.1) is 0 Å². The van der Waals surface area contributed by atoms with Gasteiger partial charge in [-0.3, -0.25) is 25.0 Å². The first kappa shape index (κ1) is 60.4. The van der Waals surface area contributed by atoms with Gasteiger partial charge in [0.2, 0.25) is 11.9 Å². The number of rotatable bonds is 15. The maximum absolute atomic E-state index is 12.8. The molecule has 2 aromatic heterocycles. The number of hydrogen-bond donors (Lipinski definition) is 5. The molecular weight excluding hydrogens is 1110 g/mol. The van der Waals surface area contributed by atoms with Gasteiger partial charge in [-0.2, -0.15) is 9.97 Å². The number of halogens is 2.